The first-order chi connectivity index (χ1) is 11.0. The fraction of sp³-hybridized carbons (Fsp3) is 0.944. The van der Waals surface area contributed by atoms with Crippen LogP contribution in [0, 0.1) is 17.3 Å². The quantitative estimate of drug-likeness (QED) is 0.328. The molecular formula is C18H38IN3O2S. The smallest absolute Gasteiger partial charge is 0.191 e. The van der Waals surface area contributed by atoms with Gasteiger partial charge in [-0.1, -0.05) is 27.7 Å². The summed E-state index contributed by atoms with van der Waals surface area (Å²) in [5.74, 6) is 2.69. The van der Waals surface area contributed by atoms with Crippen molar-refractivity contribution in [3.63, 3.8) is 0 Å². The highest BCUT2D eigenvalue weighted by molar-refractivity contribution is 14.0. The molecule has 0 aromatic heterocycles. The molecule has 1 fully saturated rings. The number of nitrogens with zero attached hydrogens (tertiary/aromatic N) is 1. The minimum Gasteiger partial charge on any atom is -0.356 e. The van der Waals surface area contributed by atoms with E-state index in [0.717, 1.165) is 17.8 Å². The van der Waals surface area contributed by atoms with Crippen LogP contribution in [-0.2, 0) is 9.84 Å². The average Bonchev–Trinajstić information content (AvgIpc) is 2.49. The molecule has 1 saturated carbocycles. The third-order valence-corrected chi connectivity index (χ3v) is 6.11. The molecule has 0 saturated heterocycles. The number of halogens is 1. The zero-order valence-electron chi connectivity index (χ0n) is 16.8. The van der Waals surface area contributed by atoms with Crippen LogP contribution in [0.2, 0.25) is 0 Å². The molecule has 5 nitrogen and oxygen atoms in total. The fourth-order valence-electron chi connectivity index (χ4n) is 3.19. The Morgan fingerprint density at radius 1 is 1.20 bits per heavy atom. The normalized spacial score (nSPS) is 22.4. The summed E-state index contributed by atoms with van der Waals surface area (Å²) >= 11 is 0. The Morgan fingerprint density at radius 2 is 1.76 bits per heavy atom. The van der Waals surface area contributed by atoms with E-state index in [4.69, 9.17) is 0 Å². The zero-order valence-corrected chi connectivity index (χ0v) is 19.9. The van der Waals surface area contributed by atoms with Crippen LogP contribution in [0.5, 0.6) is 0 Å². The summed E-state index contributed by atoms with van der Waals surface area (Å²) in [6.07, 6.45) is 6.90. The van der Waals surface area contributed by atoms with E-state index in [1.165, 1.54) is 31.9 Å². The lowest BCUT2D eigenvalue weighted by molar-refractivity contribution is 0.249. The molecule has 1 aliphatic carbocycles. The standard InChI is InChI=1S/C18H37N3O2S.HI/c1-14(2)15-7-9-16(10-8-15)21-17(19-5)20-13-18(3,4)11-12-24(6,22)23;/h14-16H,7-13H2,1-6H3,(H2,19,20,21);1H. The largest absolute Gasteiger partial charge is 0.356 e. The van der Waals surface area contributed by atoms with Gasteiger partial charge in [-0.2, -0.15) is 0 Å². The molecule has 7 heteroatoms. The molecule has 2 N–H and O–H groups in total. The summed E-state index contributed by atoms with van der Waals surface area (Å²) < 4.78 is 22.7. The molecule has 0 aliphatic heterocycles. The molecule has 0 unspecified atom stereocenters. The lowest BCUT2D eigenvalue weighted by atomic mass is 9.80. The van der Waals surface area contributed by atoms with Crippen LogP contribution in [0.25, 0.3) is 0 Å². The van der Waals surface area contributed by atoms with Crippen LogP contribution < -0.4 is 10.6 Å². The van der Waals surface area contributed by atoms with E-state index in [-0.39, 0.29) is 35.1 Å². The van der Waals surface area contributed by atoms with Gasteiger partial charge in [0.05, 0.1) is 5.75 Å². The Bertz CT molecular complexity index is 510. The van der Waals surface area contributed by atoms with E-state index in [2.05, 4.69) is 43.3 Å². The molecule has 1 rings (SSSR count). The summed E-state index contributed by atoms with van der Waals surface area (Å²) in [5, 5.41) is 6.90. The first kappa shape index (κ1) is 24.9. The van der Waals surface area contributed by atoms with Gasteiger partial charge in [0.25, 0.3) is 0 Å². The molecule has 0 radical (unpaired) electrons. The summed E-state index contributed by atoms with van der Waals surface area (Å²) in [6, 6.07) is 0.491. The SMILES string of the molecule is CN=C(NCC(C)(C)CCS(C)(=O)=O)NC1CCC(C(C)C)CC1.I. The first-order valence-electron chi connectivity index (χ1n) is 9.17. The lowest BCUT2D eigenvalue weighted by Crippen LogP contribution is -2.47. The predicted molar refractivity (Wildman–Crippen MR) is 119 cm³/mol. The van der Waals surface area contributed by atoms with Gasteiger partial charge < -0.3 is 10.6 Å². The van der Waals surface area contributed by atoms with Gasteiger partial charge in [-0.05, 0) is 49.4 Å². The summed E-state index contributed by atoms with van der Waals surface area (Å²) in [5.41, 5.74) is -0.0873. The second kappa shape index (κ2) is 10.9. The van der Waals surface area contributed by atoms with Crippen LogP contribution in [0.1, 0.15) is 59.8 Å². The van der Waals surface area contributed by atoms with Crippen LogP contribution in [0.3, 0.4) is 0 Å². The Balaban J connectivity index is 0.00000576. The molecule has 150 valence electrons. The topological polar surface area (TPSA) is 70.6 Å². The fourth-order valence-corrected chi connectivity index (χ4v) is 4.11. The number of nitrogens with one attached hydrogen (secondary N) is 2. The van der Waals surface area contributed by atoms with Crippen molar-refractivity contribution in [1.29, 1.82) is 0 Å². The van der Waals surface area contributed by atoms with Gasteiger partial charge in [-0.3, -0.25) is 4.99 Å². The van der Waals surface area contributed by atoms with E-state index in [1.54, 1.807) is 7.05 Å². The van der Waals surface area contributed by atoms with Crippen molar-refractivity contribution in [3.05, 3.63) is 0 Å². The van der Waals surface area contributed by atoms with Gasteiger partial charge in [-0.15, -0.1) is 24.0 Å². The van der Waals surface area contributed by atoms with Gasteiger partial charge >= 0.3 is 0 Å². The van der Waals surface area contributed by atoms with Gasteiger partial charge in [-0.25, -0.2) is 8.42 Å². The highest BCUT2D eigenvalue weighted by Crippen LogP contribution is 2.29. The summed E-state index contributed by atoms with van der Waals surface area (Å²) in [4.78, 5) is 4.32. The number of aliphatic imine (C=N–C) groups is 1. The molecule has 0 atom stereocenters. The van der Waals surface area contributed by atoms with Crippen LogP contribution >= 0.6 is 24.0 Å². The average molecular weight is 487 g/mol. The van der Waals surface area contributed by atoms with Crippen molar-refractivity contribution >= 4 is 39.8 Å². The van der Waals surface area contributed by atoms with Crippen molar-refractivity contribution in [2.75, 3.05) is 25.6 Å². The van der Waals surface area contributed by atoms with E-state index in [0.29, 0.717) is 19.0 Å². The maximum Gasteiger partial charge on any atom is 0.191 e. The minimum absolute atomic E-state index is 0. The van der Waals surface area contributed by atoms with Crippen molar-refractivity contribution in [2.24, 2.45) is 22.2 Å². The summed E-state index contributed by atoms with van der Waals surface area (Å²) in [6.45, 7) is 9.52. The molecular weight excluding hydrogens is 449 g/mol. The van der Waals surface area contributed by atoms with Gasteiger partial charge in [0.1, 0.15) is 9.84 Å². The molecule has 1 aliphatic rings. The Kier molecular flexibility index (Phi) is 10.9. The number of rotatable bonds is 7. The third-order valence-electron chi connectivity index (χ3n) is 5.16. The van der Waals surface area contributed by atoms with E-state index >= 15 is 0 Å². The number of hydrogen-bond donors (Lipinski definition) is 2. The summed E-state index contributed by atoms with van der Waals surface area (Å²) in [7, 11) is -1.12. The number of hydrogen-bond acceptors (Lipinski definition) is 3. The van der Waals surface area contributed by atoms with Crippen LogP contribution in [0.4, 0.5) is 0 Å². The molecule has 0 heterocycles. The lowest BCUT2D eigenvalue weighted by Gasteiger charge is -2.33. The Morgan fingerprint density at radius 3 is 2.20 bits per heavy atom. The molecule has 0 amide bonds. The highest BCUT2D eigenvalue weighted by atomic mass is 127. The number of sulfone groups is 1. The number of guanidine groups is 1. The van der Waals surface area contributed by atoms with Gasteiger partial charge in [0.2, 0.25) is 0 Å². The molecule has 0 spiro atoms. The van der Waals surface area contributed by atoms with Gasteiger partial charge in [0, 0.05) is 25.9 Å². The maximum atomic E-state index is 11.4. The van der Waals surface area contributed by atoms with E-state index in [1.807, 2.05) is 0 Å². The van der Waals surface area contributed by atoms with Crippen LogP contribution in [-0.4, -0.2) is 46.0 Å². The van der Waals surface area contributed by atoms with E-state index in [9.17, 15) is 8.42 Å². The minimum atomic E-state index is -2.91. The second-order valence-electron chi connectivity index (χ2n) is 8.47. The van der Waals surface area contributed by atoms with Crippen molar-refractivity contribution in [1.82, 2.24) is 10.6 Å². The third kappa shape index (κ3) is 10.6. The molecule has 0 aromatic rings. The van der Waals surface area contributed by atoms with Crippen molar-refractivity contribution in [2.45, 2.75) is 65.8 Å². The molecule has 25 heavy (non-hydrogen) atoms. The second-order valence-corrected chi connectivity index (χ2v) is 10.7. The van der Waals surface area contributed by atoms with Crippen molar-refractivity contribution < 1.29 is 8.42 Å². The first-order valence-corrected chi connectivity index (χ1v) is 11.2. The van der Waals surface area contributed by atoms with Crippen LogP contribution in [0.15, 0.2) is 4.99 Å². The molecule has 0 bridgehead atoms. The Labute approximate surface area is 172 Å². The van der Waals surface area contributed by atoms with Gasteiger partial charge in [0.15, 0.2) is 5.96 Å². The van der Waals surface area contributed by atoms with Crippen molar-refractivity contribution in [3.8, 4) is 0 Å². The van der Waals surface area contributed by atoms with E-state index < -0.39 is 9.84 Å². The monoisotopic (exact) mass is 487 g/mol. The maximum absolute atomic E-state index is 11.4. The highest BCUT2D eigenvalue weighted by Gasteiger charge is 2.25. The Hall–Kier alpha value is -0.0500. The molecule has 0 aromatic carbocycles. The zero-order chi connectivity index (χ0) is 18.4. The predicted octanol–water partition coefficient (Wildman–Crippen LogP) is 3.45.